The van der Waals surface area contributed by atoms with Crippen LogP contribution in [-0.2, 0) is 33.6 Å². The van der Waals surface area contributed by atoms with Crippen molar-refractivity contribution in [2.45, 2.75) is 63.3 Å². The Balaban J connectivity index is 5.22. The largest absolute Gasteiger partial charge is 0.480 e. The van der Waals surface area contributed by atoms with Crippen LogP contribution in [0.5, 0.6) is 0 Å². The lowest BCUT2D eigenvalue weighted by molar-refractivity contribution is -0.143. The number of hydrogen-bond acceptors (Lipinski definition) is 10. The Morgan fingerprint density at radius 3 is 1.89 bits per heavy atom. The number of hydrogen-bond donors (Lipinski definition) is 9. The molecule has 0 spiro atoms. The molecule has 5 atom stereocenters. The third kappa shape index (κ3) is 13.8. The number of carbonyl (C=O) groups is 7. The molecule has 216 valence electrons. The van der Waals surface area contributed by atoms with Gasteiger partial charge in [-0.1, -0.05) is 0 Å². The van der Waals surface area contributed by atoms with Crippen LogP contribution in [0, 0.1) is 0 Å². The number of amides is 6. The molecule has 0 heterocycles. The summed E-state index contributed by atoms with van der Waals surface area (Å²) in [6.45, 7) is 1.30. The van der Waals surface area contributed by atoms with Gasteiger partial charge in [0.1, 0.15) is 24.2 Å². The van der Waals surface area contributed by atoms with Crippen LogP contribution in [0.15, 0.2) is 0 Å². The topological polar surface area (TPSA) is 272 Å². The van der Waals surface area contributed by atoms with Crippen molar-refractivity contribution < 1.29 is 43.8 Å². The molecule has 0 aromatic heterocycles. The second-order valence-electron chi connectivity index (χ2n) is 8.29. The van der Waals surface area contributed by atoms with Crippen LogP contribution >= 0.6 is 11.8 Å². The zero-order valence-electron chi connectivity index (χ0n) is 21.4. The van der Waals surface area contributed by atoms with E-state index in [1.165, 1.54) is 25.6 Å². The number of aliphatic hydroxyl groups is 1. The molecule has 0 aliphatic carbocycles. The number of aliphatic hydroxyl groups excluding tert-OH is 1. The first kappa shape index (κ1) is 34.6. The van der Waals surface area contributed by atoms with Crippen LogP contribution in [0.1, 0.15) is 33.1 Å². The van der Waals surface area contributed by atoms with Crippen molar-refractivity contribution in [3.63, 3.8) is 0 Å². The first-order chi connectivity index (χ1) is 17.7. The number of primary amides is 1. The van der Waals surface area contributed by atoms with E-state index in [4.69, 9.17) is 21.7 Å². The quantitative estimate of drug-likeness (QED) is 0.0766. The van der Waals surface area contributed by atoms with E-state index >= 15 is 0 Å². The van der Waals surface area contributed by atoms with Gasteiger partial charge in [-0.3, -0.25) is 28.8 Å². The van der Waals surface area contributed by atoms with Gasteiger partial charge >= 0.3 is 5.97 Å². The number of nitrogens with one attached hydrogen (secondary N) is 5. The van der Waals surface area contributed by atoms with Crippen LogP contribution in [0.25, 0.3) is 0 Å². The molecule has 11 N–H and O–H groups in total. The zero-order chi connectivity index (χ0) is 29.4. The summed E-state index contributed by atoms with van der Waals surface area (Å²) in [4.78, 5) is 83.9. The van der Waals surface area contributed by atoms with E-state index in [9.17, 15) is 33.6 Å². The van der Waals surface area contributed by atoms with Gasteiger partial charge in [-0.05, 0) is 38.7 Å². The zero-order valence-corrected chi connectivity index (χ0v) is 22.3. The first-order valence-corrected chi connectivity index (χ1v) is 13.0. The molecule has 0 aromatic carbocycles. The predicted octanol–water partition coefficient (Wildman–Crippen LogP) is -4.50. The molecule has 0 fully saturated rings. The Hall–Kier alpha value is -3.44. The lowest BCUT2D eigenvalue weighted by Gasteiger charge is -2.22. The van der Waals surface area contributed by atoms with E-state index in [0.29, 0.717) is 5.75 Å². The maximum absolute atomic E-state index is 12.7. The Morgan fingerprint density at radius 2 is 1.39 bits per heavy atom. The lowest BCUT2D eigenvalue weighted by Crippen LogP contribution is -2.56. The molecule has 0 bridgehead atoms. The lowest BCUT2D eigenvalue weighted by atomic mass is 10.1. The SMILES string of the molecule is CSCC[C@H](NC(=O)CNC(=O)[C@H](CCC(N)=O)NC(=O)[C@H](C)NC(=O)[C@H](C)N)C(=O)N[C@@H](CO)C(=O)O. The van der Waals surface area contributed by atoms with Gasteiger partial charge in [0.05, 0.1) is 19.2 Å². The molecular weight excluding hydrogens is 526 g/mol. The average Bonchev–Trinajstić information content (AvgIpc) is 2.84. The molecular formula is C21H37N7O9S. The van der Waals surface area contributed by atoms with Crippen molar-refractivity contribution in [2.75, 3.05) is 25.2 Å². The van der Waals surface area contributed by atoms with Gasteiger partial charge in [-0.2, -0.15) is 11.8 Å². The van der Waals surface area contributed by atoms with Gasteiger partial charge < -0.3 is 48.3 Å². The molecule has 0 saturated heterocycles. The summed E-state index contributed by atoms with van der Waals surface area (Å²) in [5.41, 5.74) is 10.6. The Bertz CT molecular complexity index is 872. The standard InChI is InChI=1S/C21H37N7O9S/c1-10(22)17(32)25-11(2)18(33)27-12(4-5-15(23)30)19(34)24-8-16(31)26-13(6-7-38-3)20(35)28-14(9-29)21(36)37/h10-14,29H,4-9,22H2,1-3H3,(H2,23,30)(H,24,34)(H,25,32)(H,26,31)(H,27,33)(H,28,35)(H,36,37)/t10-,11-,12-,13-,14-/m0/s1. The second-order valence-corrected chi connectivity index (χ2v) is 9.27. The van der Waals surface area contributed by atoms with Gasteiger partial charge in [0.2, 0.25) is 35.4 Å². The fourth-order valence-electron chi connectivity index (χ4n) is 2.76. The van der Waals surface area contributed by atoms with Crippen molar-refractivity contribution in [1.82, 2.24) is 26.6 Å². The number of aliphatic carboxylic acids is 1. The van der Waals surface area contributed by atoms with E-state index < -0.39 is 84.8 Å². The summed E-state index contributed by atoms with van der Waals surface area (Å²) in [6.07, 6.45) is 1.43. The molecule has 0 unspecified atom stereocenters. The summed E-state index contributed by atoms with van der Waals surface area (Å²) in [6, 6.07) is -5.94. The molecule has 6 amide bonds. The summed E-state index contributed by atoms with van der Waals surface area (Å²) >= 11 is 1.37. The number of nitrogens with two attached hydrogens (primary N) is 2. The van der Waals surface area contributed by atoms with E-state index in [1.807, 2.05) is 0 Å². The highest BCUT2D eigenvalue weighted by molar-refractivity contribution is 7.98. The Morgan fingerprint density at radius 1 is 0.816 bits per heavy atom. The first-order valence-electron chi connectivity index (χ1n) is 11.6. The molecule has 0 rings (SSSR count). The van der Waals surface area contributed by atoms with Gasteiger partial charge in [0.15, 0.2) is 0 Å². The normalized spacial score (nSPS) is 14.6. The molecule has 17 heteroatoms. The fraction of sp³-hybridized carbons (Fsp3) is 0.667. The monoisotopic (exact) mass is 563 g/mol. The highest BCUT2D eigenvalue weighted by atomic mass is 32.2. The van der Waals surface area contributed by atoms with E-state index in [2.05, 4.69) is 26.6 Å². The third-order valence-electron chi connectivity index (χ3n) is 4.96. The molecule has 38 heavy (non-hydrogen) atoms. The van der Waals surface area contributed by atoms with Crippen molar-refractivity contribution in [1.29, 1.82) is 0 Å². The number of thioether (sulfide) groups is 1. The van der Waals surface area contributed by atoms with Crippen molar-refractivity contribution in [3.05, 3.63) is 0 Å². The maximum Gasteiger partial charge on any atom is 0.328 e. The van der Waals surface area contributed by atoms with Crippen LogP contribution in [-0.4, -0.2) is 107 Å². The maximum atomic E-state index is 12.7. The van der Waals surface area contributed by atoms with E-state index in [0.717, 1.165) is 0 Å². The summed E-state index contributed by atoms with van der Waals surface area (Å²) in [7, 11) is 0. The molecule has 0 aliphatic rings. The number of carboxylic acids is 1. The minimum atomic E-state index is -1.56. The Kier molecular flexibility index (Phi) is 16.3. The minimum absolute atomic E-state index is 0.132. The second kappa shape index (κ2) is 17.9. The highest BCUT2D eigenvalue weighted by Crippen LogP contribution is 2.03. The molecule has 0 saturated carbocycles. The van der Waals surface area contributed by atoms with Crippen molar-refractivity contribution in [3.8, 4) is 0 Å². The van der Waals surface area contributed by atoms with Crippen molar-refractivity contribution >= 4 is 53.2 Å². The number of carbonyl (C=O) groups excluding carboxylic acids is 6. The average molecular weight is 564 g/mol. The van der Waals surface area contributed by atoms with Gasteiger partial charge in [0, 0.05) is 6.42 Å². The fourth-order valence-corrected chi connectivity index (χ4v) is 3.23. The van der Waals surface area contributed by atoms with E-state index in [1.54, 1.807) is 6.26 Å². The molecule has 0 aliphatic heterocycles. The summed E-state index contributed by atoms with van der Waals surface area (Å²) in [5.74, 6) is -5.59. The van der Waals surface area contributed by atoms with Crippen LogP contribution in [0.2, 0.25) is 0 Å². The van der Waals surface area contributed by atoms with Gasteiger partial charge in [-0.25, -0.2) is 4.79 Å². The summed E-state index contributed by atoms with van der Waals surface area (Å²) < 4.78 is 0. The predicted molar refractivity (Wildman–Crippen MR) is 136 cm³/mol. The van der Waals surface area contributed by atoms with E-state index in [-0.39, 0.29) is 19.3 Å². The van der Waals surface area contributed by atoms with Crippen LogP contribution < -0.4 is 38.1 Å². The Labute approximate surface area is 223 Å². The van der Waals surface area contributed by atoms with Crippen LogP contribution in [0.4, 0.5) is 0 Å². The summed E-state index contributed by atoms with van der Waals surface area (Å²) in [5, 5.41) is 29.6. The third-order valence-corrected chi connectivity index (χ3v) is 5.60. The van der Waals surface area contributed by atoms with Crippen molar-refractivity contribution in [2.24, 2.45) is 11.5 Å². The number of carboxylic acid groups (broad SMARTS) is 1. The molecule has 16 nitrogen and oxygen atoms in total. The number of rotatable bonds is 18. The smallest absolute Gasteiger partial charge is 0.328 e. The van der Waals surface area contributed by atoms with Gasteiger partial charge in [0.25, 0.3) is 0 Å². The highest BCUT2D eigenvalue weighted by Gasteiger charge is 2.28. The molecule has 0 radical (unpaired) electrons. The molecule has 0 aromatic rings. The minimum Gasteiger partial charge on any atom is -0.480 e. The van der Waals surface area contributed by atoms with Gasteiger partial charge in [-0.15, -0.1) is 0 Å². The van der Waals surface area contributed by atoms with Crippen LogP contribution in [0.3, 0.4) is 0 Å².